The lowest BCUT2D eigenvalue weighted by atomic mass is 9.94. The highest BCUT2D eigenvalue weighted by atomic mass is 19.2. The van der Waals surface area contributed by atoms with Gasteiger partial charge in [-0.25, -0.2) is 26.7 Å². The molecule has 2 aromatic rings. The first-order valence-electron chi connectivity index (χ1n) is 6.17. The van der Waals surface area contributed by atoms with Crippen LogP contribution < -0.4 is 0 Å². The maximum absolute atomic E-state index is 14.3. The first-order chi connectivity index (χ1) is 10.3. The van der Waals surface area contributed by atoms with Crippen LogP contribution in [0.5, 0.6) is 0 Å². The zero-order valence-electron chi connectivity index (χ0n) is 11.2. The number of carboxylic acid groups (broad SMARTS) is 1. The van der Waals surface area contributed by atoms with Crippen LogP contribution in [0.15, 0.2) is 18.2 Å². The first kappa shape index (κ1) is 15.9. The van der Waals surface area contributed by atoms with Gasteiger partial charge < -0.3 is 5.11 Å². The van der Waals surface area contributed by atoms with Crippen LogP contribution in [-0.4, -0.2) is 11.1 Å². The molecular weight excluding hydrogens is 307 g/mol. The molecule has 0 aliphatic carbocycles. The highest BCUT2D eigenvalue weighted by Crippen LogP contribution is 2.33. The molecule has 0 saturated heterocycles. The molecular formula is C15H9F5O2. The van der Waals surface area contributed by atoms with Crippen LogP contribution in [0.4, 0.5) is 22.0 Å². The number of carboxylic acids is 1. The van der Waals surface area contributed by atoms with Crippen molar-refractivity contribution < 1.29 is 31.9 Å². The smallest absolute Gasteiger partial charge is 0.341 e. The maximum Gasteiger partial charge on any atom is 0.341 e. The van der Waals surface area contributed by atoms with E-state index in [4.69, 9.17) is 5.11 Å². The zero-order valence-corrected chi connectivity index (χ0v) is 11.2. The van der Waals surface area contributed by atoms with Crippen LogP contribution in [0, 0.1) is 29.1 Å². The summed E-state index contributed by atoms with van der Waals surface area (Å²) in [4.78, 5) is 10.9. The molecule has 7 heteroatoms. The van der Waals surface area contributed by atoms with Crippen LogP contribution >= 0.6 is 0 Å². The van der Waals surface area contributed by atoms with Gasteiger partial charge in [0, 0.05) is 5.56 Å². The maximum atomic E-state index is 14.3. The van der Waals surface area contributed by atoms with Crippen LogP contribution in [0.25, 0.3) is 11.1 Å². The van der Waals surface area contributed by atoms with Crippen LogP contribution in [-0.2, 0) is 6.42 Å². The quantitative estimate of drug-likeness (QED) is 0.677. The molecule has 0 heterocycles. The van der Waals surface area contributed by atoms with Crippen molar-refractivity contribution in [3.8, 4) is 11.1 Å². The monoisotopic (exact) mass is 316 g/mol. The second-order valence-corrected chi connectivity index (χ2v) is 4.49. The first-order valence-corrected chi connectivity index (χ1v) is 6.17. The molecule has 0 spiro atoms. The molecule has 0 aromatic heterocycles. The largest absolute Gasteiger partial charge is 0.477 e. The van der Waals surface area contributed by atoms with Crippen LogP contribution in [0.3, 0.4) is 0 Å². The lowest BCUT2D eigenvalue weighted by Gasteiger charge is -2.13. The van der Waals surface area contributed by atoms with Gasteiger partial charge in [0.2, 0.25) is 0 Å². The summed E-state index contributed by atoms with van der Waals surface area (Å²) in [5.74, 6) is -9.47. The van der Waals surface area contributed by atoms with E-state index >= 15 is 0 Å². The van der Waals surface area contributed by atoms with Gasteiger partial charge in [-0.2, -0.15) is 0 Å². The molecule has 2 nitrogen and oxygen atoms in total. The molecule has 2 aromatic carbocycles. The van der Waals surface area contributed by atoms with E-state index in [1.807, 2.05) is 0 Å². The van der Waals surface area contributed by atoms with E-state index < -0.39 is 51.7 Å². The summed E-state index contributed by atoms with van der Waals surface area (Å²) in [6.45, 7) is 1.52. The Morgan fingerprint density at radius 1 is 0.955 bits per heavy atom. The van der Waals surface area contributed by atoms with Crippen molar-refractivity contribution in [1.29, 1.82) is 0 Å². The van der Waals surface area contributed by atoms with Gasteiger partial charge >= 0.3 is 5.97 Å². The summed E-state index contributed by atoms with van der Waals surface area (Å²) in [6.07, 6.45) is 0.0731. The lowest BCUT2D eigenvalue weighted by molar-refractivity contribution is 0.0686. The van der Waals surface area contributed by atoms with E-state index in [1.54, 1.807) is 0 Å². The molecule has 0 aliphatic heterocycles. The minimum atomic E-state index is -1.86. The highest BCUT2D eigenvalue weighted by Gasteiger charge is 2.25. The zero-order chi connectivity index (χ0) is 16.6. The van der Waals surface area contributed by atoms with Gasteiger partial charge in [-0.05, 0) is 35.7 Å². The number of hydrogen-bond donors (Lipinski definition) is 1. The van der Waals surface area contributed by atoms with Gasteiger partial charge in [0.15, 0.2) is 17.5 Å². The Morgan fingerprint density at radius 3 is 1.95 bits per heavy atom. The average molecular weight is 316 g/mol. The van der Waals surface area contributed by atoms with Gasteiger partial charge in [-0.1, -0.05) is 6.92 Å². The summed E-state index contributed by atoms with van der Waals surface area (Å²) in [5.41, 5.74) is -2.12. The fraction of sp³-hybridized carbons (Fsp3) is 0.133. The Bertz CT molecular complexity index is 748. The minimum absolute atomic E-state index is 0.00501. The molecule has 0 radical (unpaired) electrons. The van der Waals surface area contributed by atoms with Crippen molar-refractivity contribution in [2.24, 2.45) is 0 Å². The Kier molecular flexibility index (Phi) is 4.16. The van der Waals surface area contributed by atoms with Crippen LogP contribution in [0.1, 0.15) is 22.8 Å². The molecule has 0 fully saturated rings. The lowest BCUT2D eigenvalue weighted by Crippen LogP contribution is -2.09. The van der Waals surface area contributed by atoms with E-state index in [2.05, 4.69) is 0 Å². The molecule has 22 heavy (non-hydrogen) atoms. The summed E-state index contributed by atoms with van der Waals surface area (Å²) in [6, 6.07) is 1.83. The highest BCUT2D eigenvalue weighted by molar-refractivity contribution is 5.91. The summed E-state index contributed by atoms with van der Waals surface area (Å²) in [5, 5.41) is 8.85. The van der Waals surface area contributed by atoms with Crippen LogP contribution in [0.2, 0.25) is 0 Å². The second-order valence-electron chi connectivity index (χ2n) is 4.49. The number of aromatic carboxylic acids is 1. The van der Waals surface area contributed by atoms with E-state index in [0.717, 1.165) is 6.07 Å². The van der Waals surface area contributed by atoms with Crippen molar-refractivity contribution in [1.82, 2.24) is 0 Å². The average Bonchev–Trinajstić information content (AvgIpc) is 2.43. The van der Waals surface area contributed by atoms with E-state index in [-0.39, 0.29) is 12.0 Å². The number of rotatable bonds is 3. The predicted molar refractivity (Wildman–Crippen MR) is 68.0 cm³/mol. The molecule has 0 atom stereocenters. The molecule has 0 saturated carbocycles. The third-order valence-electron chi connectivity index (χ3n) is 3.17. The number of aryl methyl sites for hydroxylation is 1. The number of hydrogen-bond acceptors (Lipinski definition) is 1. The SMILES string of the molecule is CCc1cc(F)c(C(=O)O)c(F)c1-c1cc(F)c(F)c(F)c1. The van der Waals surface area contributed by atoms with E-state index in [9.17, 15) is 26.7 Å². The second kappa shape index (κ2) is 5.75. The molecule has 116 valence electrons. The minimum Gasteiger partial charge on any atom is -0.477 e. The Morgan fingerprint density at radius 2 is 1.50 bits per heavy atom. The number of carbonyl (C=O) groups is 1. The number of benzene rings is 2. The van der Waals surface area contributed by atoms with Crippen molar-refractivity contribution >= 4 is 5.97 Å². The molecule has 0 bridgehead atoms. The molecule has 0 amide bonds. The summed E-state index contributed by atoms with van der Waals surface area (Å²) in [7, 11) is 0. The van der Waals surface area contributed by atoms with Gasteiger partial charge in [-0.3, -0.25) is 0 Å². The Labute approximate surface area is 121 Å². The van der Waals surface area contributed by atoms with Crippen molar-refractivity contribution in [3.05, 3.63) is 58.4 Å². The van der Waals surface area contributed by atoms with E-state index in [1.165, 1.54) is 6.92 Å². The third kappa shape index (κ3) is 2.54. The van der Waals surface area contributed by atoms with Gasteiger partial charge in [0.1, 0.15) is 17.2 Å². The van der Waals surface area contributed by atoms with Gasteiger partial charge in [0.25, 0.3) is 0 Å². The van der Waals surface area contributed by atoms with Crippen molar-refractivity contribution in [2.75, 3.05) is 0 Å². The number of halogens is 5. The predicted octanol–water partition coefficient (Wildman–Crippen LogP) is 4.31. The van der Waals surface area contributed by atoms with Gasteiger partial charge in [-0.15, -0.1) is 0 Å². The third-order valence-corrected chi connectivity index (χ3v) is 3.17. The topological polar surface area (TPSA) is 37.3 Å². The van der Waals surface area contributed by atoms with E-state index in [0.29, 0.717) is 12.1 Å². The standard InChI is InChI=1S/C15H9F5O2/c1-2-6-3-8(16)12(15(21)22)14(20)11(6)7-4-9(17)13(19)10(18)5-7/h3-5H,2H2,1H3,(H,21,22). The van der Waals surface area contributed by atoms with Crippen molar-refractivity contribution in [2.45, 2.75) is 13.3 Å². The fourth-order valence-corrected chi connectivity index (χ4v) is 2.15. The fourth-order valence-electron chi connectivity index (χ4n) is 2.15. The normalized spacial score (nSPS) is 10.8. The summed E-state index contributed by atoms with van der Waals surface area (Å²) >= 11 is 0. The Balaban J connectivity index is 2.85. The molecule has 2 rings (SSSR count). The van der Waals surface area contributed by atoms with Gasteiger partial charge in [0.05, 0.1) is 0 Å². The van der Waals surface area contributed by atoms with Crippen molar-refractivity contribution in [3.63, 3.8) is 0 Å². The summed E-state index contributed by atoms with van der Waals surface area (Å²) < 4.78 is 67.6. The molecule has 0 aliphatic rings. The molecule has 1 N–H and O–H groups in total. The Hall–Kier alpha value is -2.44. The molecule has 0 unspecified atom stereocenters.